The first kappa shape index (κ1) is 15.9. The molecule has 6 nitrogen and oxygen atoms in total. The molecule has 2 aromatic rings. The molecule has 0 aliphatic carbocycles. The van der Waals surface area contributed by atoms with Crippen molar-refractivity contribution < 1.29 is 9.53 Å². The van der Waals surface area contributed by atoms with E-state index in [1.165, 1.54) is 12.8 Å². The van der Waals surface area contributed by atoms with Crippen molar-refractivity contribution in [1.82, 2.24) is 9.88 Å². The summed E-state index contributed by atoms with van der Waals surface area (Å²) in [5, 5.41) is 0. The van der Waals surface area contributed by atoms with Crippen LogP contribution >= 0.6 is 0 Å². The SMILES string of the molecule is Nc1ccc2c(n1)N(CCN1CCCC1)C(=O)C(c1ccccc1)O2. The zero-order chi connectivity index (χ0) is 17.2. The van der Waals surface area contributed by atoms with Crippen LogP contribution in [0.15, 0.2) is 42.5 Å². The molecule has 25 heavy (non-hydrogen) atoms. The van der Waals surface area contributed by atoms with Gasteiger partial charge in [0.25, 0.3) is 5.91 Å². The number of fused-ring (bicyclic) bond motifs is 1. The Morgan fingerprint density at radius 1 is 1.08 bits per heavy atom. The summed E-state index contributed by atoms with van der Waals surface area (Å²) in [6, 6.07) is 13.1. The number of carbonyl (C=O) groups excluding carboxylic acids is 1. The second-order valence-electron chi connectivity index (χ2n) is 6.51. The Bertz CT molecular complexity index is 759. The van der Waals surface area contributed by atoms with Crippen LogP contribution in [0.25, 0.3) is 0 Å². The van der Waals surface area contributed by atoms with Crippen LogP contribution in [0.4, 0.5) is 11.6 Å². The summed E-state index contributed by atoms with van der Waals surface area (Å²) in [5.41, 5.74) is 6.69. The van der Waals surface area contributed by atoms with E-state index >= 15 is 0 Å². The smallest absolute Gasteiger partial charge is 0.274 e. The van der Waals surface area contributed by atoms with Crippen molar-refractivity contribution in [2.75, 3.05) is 36.8 Å². The van der Waals surface area contributed by atoms with Crippen LogP contribution in [0.5, 0.6) is 5.75 Å². The van der Waals surface area contributed by atoms with Crippen LogP contribution in [0.3, 0.4) is 0 Å². The highest BCUT2D eigenvalue weighted by Crippen LogP contribution is 2.37. The Morgan fingerprint density at radius 2 is 1.84 bits per heavy atom. The zero-order valence-corrected chi connectivity index (χ0v) is 14.1. The van der Waals surface area contributed by atoms with Gasteiger partial charge in [-0.25, -0.2) is 4.98 Å². The fourth-order valence-electron chi connectivity index (χ4n) is 3.46. The molecular formula is C19H22N4O2. The third-order valence-electron chi connectivity index (χ3n) is 4.79. The molecule has 0 spiro atoms. The molecule has 1 aromatic carbocycles. The average molecular weight is 338 g/mol. The van der Waals surface area contributed by atoms with Crippen LogP contribution < -0.4 is 15.4 Å². The van der Waals surface area contributed by atoms with E-state index in [9.17, 15) is 4.79 Å². The summed E-state index contributed by atoms with van der Waals surface area (Å²) in [4.78, 5) is 21.6. The maximum Gasteiger partial charge on any atom is 0.274 e. The number of nitrogens with two attached hydrogens (primary N) is 1. The van der Waals surface area contributed by atoms with Gasteiger partial charge in [-0.1, -0.05) is 30.3 Å². The quantitative estimate of drug-likeness (QED) is 0.925. The molecular weight excluding hydrogens is 316 g/mol. The molecule has 4 rings (SSSR count). The van der Waals surface area contributed by atoms with E-state index < -0.39 is 6.10 Å². The number of rotatable bonds is 4. The standard InChI is InChI=1S/C19H22N4O2/c20-16-9-8-15-18(21-16)23(13-12-22-10-4-5-11-22)19(24)17(25-15)14-6-2-1-3-7-14/h1-3,6-9,17H,4-5,10-13H2,(H2,20,21). The third kappa shape index (κ3) is 3.17. The van der Waals surface area contributed by atoms with E-state index in [-0.39, 0.29) is 5.91 Å². The van der Waals surface area contributed by atoms with Crippen LogP contribution in [-0.4, -0.2) is 42.0 Å². The average Bonchev–Trinajstić information content (AvgIpc) is 3.15. The molecule has 1 saturated heterocycles. The van der Waals surface area contributed by atoms with E-state index in [4.69, 9.17) is 10.5 Å². The first-order chi connectivity index (χ1) is 12.2. The molecule has 130 valence electrons. The molecule has 3 heterocycles. The lowest BCUT2D eigenvalue weighted by Crippen LogP contribution is -2.45. The molecule has 1 fully saturated rings. The number of pyridine rings is 1. The molecule has 6 heteroatoms. The van der Waals surface area contributed by atoms with Gasteiger partial charge in [-0.05, 0) is 38.1 Å². The monoisotopic (exact) mass is 338 g/mol. The number of carbonyl (C=O) groups is 1. The minimum atomic E-state index is -0.641. The number of nitrogen functional groups attached to an aromatic ring is 1. The van der Waals surface area contributed by atoms with Crippen molar-refractivity contribution in [2.24, 2.45) is 0 Å². The maximum absolute atomic E-state index is 13.1. The largest absolute Gasteiger partial charge is 0.472 e. The van der Waals surface area contributed by atoms with E-state index in [0.29, 0.717) is 23.9 Å². The van der Waals surface area contributed by atoms with Gasteiger partial charge in [0.2, 0.25) is 6.10 Å². The summed E-state index contributed by atoms with van der Waals surface area (Å²) in [7, 11) is 0. The number of hydrogen-bond donors (Lipinski definition) is 1. The van der Waals surface area contributed by atoms with E-state index in [0.717, 1.165) is 25.2 Å². The van der Waals surface area contributed by atoms with E-state index in [2.05, 4.69) is 9.88 Å². The minimum absolute atomic E-state index is 0.0870. The number of ether oxygens (including phenoxy) is 1. The number of benzene rings is 1. The number of amides is 1. The highest BCUT2D eigenvalue weighted by Gasteiger charge is 2.36. The van der Waals surface area contributed by atoms with Crippen molar-refractivity contribution in [3.8, 4) is 5.75 Å². The Kier molecular flexibility index (Phi) is 4.28. The number of likely N-dealkylation sites (tertiary alicyclic amines) is 1. The Hall–Kier alpha value is -2.60. The summed E-state index contributed by atoms with van der Waals surface area (Å²) in [5.74, 6) is 1.43. The molecule has 1 aromatic heterocycles. The number of aromatic nitrogens is 1. The molecule has 2 aliphatic heterocycles. The summed E-state index contributed by atoms with van der Waals surface area (Å²) < 4.78 is 5.96. The van der Waals surface area contributed by atoms with Gasteiger partial charge in [0.05, 0.1) is 0 Å². The van der Waals surface area contributed by atoms with Crippen LogP contribution in [0.2, 0.25) is 0 Å². The van der Waals surface area contributed by atoms with Crippen molar-refractivity contribution >= 4 is 17.5 Å². The Balaban J connectivity index is 1.64. The normalized spacial score (nSPS) is 20.4. The van der Waals surface area contributed by atoms with Crippen molar-refractivity contribution in [3.05, 3.63) is 48.0 Å². The van der Waals surface area contributed by atoms with Gasteiger partial charge in [-0.3, -0.25) is 9.69 Å². The maximum atomic E-state index is 13.1. The highest BCUT2D eigenvalue weighted by atomic mass is 16.5. The fraction of sp³-hybridized carbons (Fsp3) is 0.368. The topological polar surface area (TPSA) is 71.7 Å². The van der Waals surface area contributed by atoms with Gasteiger partial charge in [-0.15, -0.1) is 0 Å². The van der Waals surface area contributed by atoms with Gasteiger partial charge in [-0.2, -0.15) is 0 Å². The fourth-order valence-corrected chi connectivity index (χ4v) is 3.46. The summed E-state index contributed by atoms with van der Waals surface area (Å²) in [6.45, 7) is 3.62. The van der Waals surface area contributed by atoms with Crippen LogP contribution in [-0.2, 0) is 4.79 Å². The van der Waals surface area contributed by atoms with Gasteiger partial charge in [0.15, 0.2) is 11.6 Å². The molecule has 0 bridgehead atoms. The molecule has 1 atom stereocenters. The van der Waals surface area contributed by atoms with Crippen LogP contribution in [0, 0.1) is 0 Å². The lowest BCUT2D eigenvalue weighted by molar-refractivity contribution is -0.126. The molecule has 1 unspecified atom stereocenters. The summed E-state index contributed by atoms with van der Waals surface area (Å²) >= 11 is 0. The first-order valence-corrected chi connectivity index (χ1v) is 8.74. The molecule has 1 amide bonds. The Morgan fingerprint density at radius 3 is 2.60 bits per heavy atom. The molecule has 2 aliphatic rings. The lowest BCUT2D eigenvalue weighted by atomic mass is 10.1. The second-order valence-corrected chi connectivity index (χ2v) is 6.51. The van der Waals surface area contributed by atoms with Crippen LogP contribution in [0.1, 0.15) is 24.5 Å². The second kappa shape index (κ2) is 6.72. The predicted octanol–water partition coefficient (Wildman–Crippen LogP) is 2.23. The molecule has 0 saturated carbocycles. The van der Waals surface area contributed by atoms with Crippen molar-refractivity contribution in [1.29, 1.82) is 0 Å². The molecule has 0 radical (unpaired) electrons. The first-order valence-electron chi connectivity index (χ1n) is 8.74. The third-order valence-corrected chi connectivity index (χ3v) is 4.79. The van der Waals surface area contributed by atoms with Crippen molar-refractivity contribution in [2.45, 2.75) is 18.9 Å². The number of nitrogens with zero attached hydrogens (tertiary/aromatic N) is 3. The highest BCUT2D eigenvalue weighted by molar-refractivity contribution is 5.99. The number of hydrogen-bond acceptors (Lipinski definition) is 5. The minimum Gasteiger partial charge on any atom is -0.472 e. The van der Waals surface area contributed by atoms with Gasteiger partial charge >= 0.3 is 0 Å². The number of anilines is 2. The summed E-state index contributed by atoms with van der Waals surface area (Å²) in [6.07, 6.45) is 1.81. The van der Waals surface area contributed by atoms with E-state index in [1.54, 1.807) is 17.0 Å². The van der Waals surface area contributed by atoms with Gasteiger partial charge < -0.3 is 15.4 Å². The zero-order valence-electron chi connectivity index (χ0n) is 14.1. The van der Waals surface area contributed by atoms with E-state index in [1.807, 2.05) is 30.3 Å². The van der Waals surface area contributed by atoms with Gasteiger partial charge in [0, 0.05) is 18.7 Å². The predicted molar refractivity (Wildman–Crippen MR) is 96.5 cm³/mol. The molecule has 2 N–H and O–H groups in total. The Labute approximate surface area is 147 Å². The van der Waals surface area contributed by atoms with Gasteiger partial charge in [0.1, 0.15) is 5.82 Å². The lowest BCUT2D eigenvalue weighted by Gasteiger charge is -2.34. The van der Waals surface area contributed by atoms with Crippen molar-refractivity contribution in [3.63, 3.8) is 0 Å².